The molecule has 2 aliphatic rings. The summed E-state index contributed by atoms with van der Waals surface area (Å²) in [5.41, 5.74) is 2.27. The van der Waals surface area contributed by atoms with E-state index in [9.17, 15) is 10.5 Å². The molecule has 2 aromatic rings. The smallest absolute Gasteiger partial charge is 0.118 e. The second kappa shape index (κ2) is 12.2. The van der Waals surface area contributed by atoms with E-state index in [4.69, 9.17) is 9.47 Å². The standard InChI is InChI=1S/2C14H17NO/c2*1-16-13-8-6-12(7-9-13)14(10-15)11-4-2-3-5-11/h2*6-9,11,14H,2-5H2,1H3/t2*14-/m00/s1. The van der Waals surface area contributed by atoms with Crippen molar-refractivity contribution in [3.05, 3.63) is 59.7 Å². The van der Waals surface area contributed by atoms with Crippen molar-refractivity contribution in [1.29, 1.82) is 10.5 Å². The van der Waals surface area contributed by atoms with E-state index in [2.05, 4.69) is 12.1 Å². The van der Waals surface area contributed by atoms with Gasteiger partial charge in [-0.3, -0.25) is 0 Å². The number of nitrogens with zero attached hydrogens (tertiary/aromatic N) is 2. The Bertz CT molecular complexity index is 819. The van der Waals surface area contributed by atoms with Crippen molar-refractivity contribution in [2.75, 3.05) is 14.2 Å². The molecule has 2 aromatic carbocycles. The molecule has 0 bridgehead atoms. The largest absolute Gasteiger partial charge is 0.497 e. The molecule has 4 heteroatoms. The highest BCUT2D eigenvalue weighted by Crippen LogP contribution is 2.38. The summed E-state index contributed by atoms with van der Waals surface area (Å²) >= 11 is 0. The van der Waals surface area contributed by atoms with Gasteiger partial charge in [-0.1, -0.05) is 49.9 Å². The van der Waals surface area contributed by atoms with Crippen LogP contribution in [0, 0.1) is 34.5 Å². The van der Waals surface area contributed by atoms with Crippen molar-refractivity contribution < 1.29 is 9.47 Å². The van der Waals surface area contributed by atoms with Gasteiger partial charge in [-0.2, -0.15) is 10.5 Å². The number of rotatable bonds is 6. The molecule has 0 radical (unpaired) electrons. The van der Waals surface area contributed by atoms with E-state index in [0.29, 0.717) is 11.8 Å². The third kappa shape index (κ3) is 6.04. The average Bonchev–Trinajstić information content (AvgIpc) is 3.57. The zero-order chi connectivity index (χ0) is 22.8. The minimum absolute atomic E-state index is 0.0633. The van der Waals surface area contributed by atoms with Crippen molar-refractivity contribution in [2.45, 2.75) is 63.2 Å². The van der Waals surface area contributed by atoms with Gasteiger partial charge in [-0.15, -0.1) is 0 Å². The first-order chi connectivity index (χ1) is 15.7. The van der Waals surface area contributed by atoms with Crippen molar-refractivity contribution in [3.63, 3.8) is 0 Å². The maximum Gasteiger partial charge on any atom is 0.118 e. The molecule has 2 atom stereocenters. The lowest BCUT2D eigenvalue weighted by Gasteiger charge is -2.16. The van der Waals surface area contributed by atoms with Crippen LogP contribution in [0.25, 0.3) is 0 Å². The Morgan fingerprint density at radius 2 is 0.938 bits per heavy atom. The van der Waals surface area contributed by atoms with E-state index in [1.165, 1.54) is 51.4 Å². The SMILES string of the molecule is COc1ccc([C@@H](C#N)C2CCCC2)cc1.COc1ccc([C@@H](C#N)C2CCCC2)cc1. The normalized spacial score (nSPS) is 18.0. The lowest BCUT2D eigenvalue weighted by atomic mass is 9.86. The fraction of sp³-hybridized carbons (Fsp3) is 0.500. The lowest BCUT2D eigenvalue weighted by Crippen LogP contribution is -2.07. The van der Waals surface area contributed by atoms with Gasteiger partial charge >= 0.3 is 0 Å². The van der Waals surface area contributed by atoms with Gasteiger partial charge < -0.3 is 9.47 Å². The molecule has 0 spiro atoms. The van der Waals surface area contributed by atoms with E-state index in [1.807, 2.05) is 48.5 Å². The predicted octanol–water partition coefficient (Wildman–Crippen LogP) is 6.99. The zero-order valence-corrected chi connectivity index (χ0v) is 19.3. The van der Waals surface area contributed by atoms with Gasteiger partial charge in [0.05, 0.1) is 38.2 Å². The number of hydrogen-bond acceptors (Lipinski definition) is 4. The predicted molar refractivity (Wildman–Crippen MR) is 127 cm³/mol. The minimum atomic E-state index is 0.0633. The van der Waals surface area contributed by atoms with E-state index in [1.54, 1.807) is 14.2 Å². The Kier molecular flexibility index (Phi) is 9.00. The topological polar surface area (TPSA) is 66.0 Å². The molecule has 0 saturated heterocycles. The van der Waals surface area contributed by atoms with E-state index in [-0.39, 0.29) is 11.8 Å². The molecule has 0 unspecified atom stereocenters. The van der Waals surface area contributed by atoms with Crippen molar-refractivity contribution >= 4 is 0 Å². The molecular formula is C28H34N2O2. The van der Waals surface area contributed by atoms with Crippen LogP contribution in [0.15, 0.2) is 48.5 Å². The average molecular weight is 431 g/mol. The monoisotopic (exact) mass is 430 g/mol. The van der Waals surface area contributed by atoms with Crippen LogP contribution in [0.2, 0.25) is 0 Å². The minimum Gasteiger partial charge on any atom is -0.497 e. The van der Waals surface area contributed by atoms with Crippen LogP contribution in [-0.2, 0) is 0 Å². The number of nitriles is 2. The molecule has 0 N–H and O–H groups in total. The number of methoxy groups -OCH3 is 2. The van der Waals surface area contributed by atoms with Crippen LogP contribution in [0.5, 0.6) is 11.5 Å². The van der Waals surface area contributed by atoms with Crippen LogP contribution in [0.4, 0.5) is 0 Å². The zero-order valence-electron chi connectivity index (χ0n) is 19.3. The van der Waals surface area contributed by atoms with Gasteiger partial charge in [0.25, 0.3) is 0 Å². The number of ether oxygens (including phenoxy) is 2. The number of benzene rings is 2. The van der Waals surface area contributed by atoms with Crippen LogP contribution in [0.1, 0.15) is 74.3 Å². The Labute approximate surface area is 192 Å². The fourth-order valence-electron chi connectivity index (χ4n) is 5.11. The fourth-order valence-corrected chi connectivity index (χ4v) is 5.11. The molecule has 2 saturated carbocycles. The summed E-state index contributed by atoms with van der Waals surface area (Å²) in [7, 11) is 3.32. The highest BCUT2D eigenvalue weighted by molar-refractivity contribution is 5.33. The van der Waals surface area contributed by atoms with Gasteiger partial charge in [0.2, 0.25) is 0 Å². The van der Waals surface area contributed by atoms with Gasteiger partial charge in [-0.25, -0.2) is 0 Å². The molecule has 0 aromatic heterocycles. The van der Waals surface area contributed by atoms with Crippen molar-refractivity contribution in [2.24, 2.45) is 11.8 Å². The number of hydrogen-bond donors (Lipinski definition) is 0. The lowest BCUT2D eigenvalue weighted by molar-refractivity contribution is 0.414. The van der Waals surface area contributed by atoms with E-state index < -0.39 is 0 Å². The first-order valence-corrected chi connectivity index (χ1v) is 11.8. The van der Waals surface area contributed by atoms with Gasteiger partial charge in [0.15, 0.2) is 0 Å². The van der Waals surface area contributed by atoms with Crippen LogP contribution >= 0.6 is 0 Å². The Morgan fingerprint density at radius 3 is 1.19 bits per heavy atom. The second-order valence-electron chi connectivity index (χ2n) is 8.85. The molecule has 2 aliphatic carbocycles. The summed E-state index contributed by atoms with van der Waals surface area (Å²) in [6.45, 7) is 0. The summed E-state index contributed by atoms with van der Waals surface area (Å²) < 4.78 is 10.3. The maximum absolute atomic E-state index is 9.29. The quantitative estimate of drug-likeness (QED) is 0.495. The Balaban J connectivity index is 0.000000181. The molecule has 0 aliphatic heterocycles. The van der Waals surface area contributed by atoms with Gasteiger partial charge in [0.1, 0.15) is 11.5 Å². The highest BCUT2D eigenvalue weighted by Gasteiger charge is 2.27. The van der Waals surface area contributed by atoms with Crippen molar-refractivity contribution in [3.8, 4) is 23.6 Å². The summed E-state index contributed by atoms with van der Waals surface area (Å²) in [5, 5.41) is 18.6. The van der Waals surface area contributed by atoms with Gasteiger partial charge in [0, 0.05) is 0 Å². The highest BCUT2D eigenvalue weighted by atomic mass is 16.5. The molecule has 168 valence electrons. The molecule has 4 rings (SSSR count). The molecular weight excluding hydrogens is 396 g/mol. The molecule has 0 heterocycles. The van der Waals surface area contributed by atoms with Crippen molar-refractivity contribution in [1.82, 2.24) is 0 Å². The molecule has 32 heavy (non-hydrogen) atoms. The summed E-state index contributed by atoms with van der Waals surface area (Å²) in [6.07, 6.45) is 9.90. The van der Waals surface area contributed by atoms with Gasteiger partial charge in [-0.05, 0) is 72.9 Å². The Hall–Kier alpha value is -2.98. The summed E-state index contributed by atoms with van der Waals surface area (Å²) in [6, 6.07) is 20.7. The summed E-state index contributed by atoms with van der Waals surface area (Å²) in [5.74, 6) is 2.94. The maximum atomic E-state index is 9.29. The summed E-state index contributed by atoms with van der Waals surface area (Å²) in [4.78, 5) is 0. The first kappa shape index (κ1) is 23.7. The molecule has 0 amide bonds. The molecule has 2 fully saturated rings. The second-order valence-corrected chi connectivity index (χ2v) is 8.85. The third-order valence-electron chi connectivity index (χ3n) is 6.97. The van der Waals surface area contributed by atoms with E-state index in [0.717, 1.165) is 22.6 Å². The van der Waals surface area contributed by atoms with Crippen LogP contribution < -0.4 is 9.47 Å². The Morgan fingerprint density at radius 1 is 0.625 bits per heavy atom. The van der Waals surface area contributed by atoms with Crippen LogP contribution in [-0.4, -0.2) is 14.2 Å². The third-order valence-corrected chi connectivity index (χ3v) is 6.97. The van der Waals surface area contributed by atoms with E-state index >= 15 is 0 Å². The first-order valence-electron chi connectivity index (χ1n) is 11.8. The molecule has 4 nitrogen and oxygen atoms in total. The van der Waals surface area contributed by atoms with Crippen LogP contribution in [0.3, 0.4) is 0 Å².